The third-order valence-electron chi connectivity index (χ3n) is 3.57. The summed E-state index contributed by atoms with van der Waals surface area (Å²) in [5.74, 6) is 2.36. The molecule has 4 nitrogen and oxygen atoms in total. The van der Waals surface area contributed by atoms with Crippen molar-refractivity contribution >= 4 is 17.7 Å². The first-order valence-electron chi connectivity index (χ1n) is 6.58. The molecule has 0 bridgehead atoms. The SMILES string of the molecule is COCCNC(=O)C(C)NC1CSCCC1(C)C. The topological polar surface area (TPSA) is 50.4 Å². The van der Waals surface area contributed by atoms with Crippen LogP contribution in [-0.2, 0) is 9.53 Å². The van der Waals surface area contributed by atoms with Crippen LogP contribution in [0, 0.1) is 5.41 Å². The lowest BCUT2D eigenvalue weighted by Crippen LogP contribution is -2.54. The van der Waals surface area contributed by atoms with Gasteiger partial charge in [-0.3, -0.25) is 4.79 Å². The highest BCUT2D eigenvalue weighted by molar-refractivity contribution is 7.99. The summed E-state index contributed by atoms with van der Waals surface area (Å²) < 4.78 is 4.92. The Kier molecular flexibility index (Phi) is 6.46. The molecule has 2 unspecified atom stereocenters. The summed E-state index contributed by atoms with van der Waals surface area (Å²) >= 11 is 1.97. The first-order chi connectivity index (χ1) is 8.47. The summed E-state index contributed by atoms with van der Waals surface area (Å²) in [4.78, 5) is 11.9. The molecule has 2 N–H and O–H groups in total. The molecule has 1 saturated heterocycles. The summed E-state index contributed by atoms with van der Waals surface area (Å²) in [7, 11) is 1.63. The van der Waals surface area contributed by atoms with Gasteiger partial charge < -0.3 is 15.4 Å². The van der Waals surface area contributed by atoms with E-state index in [1.807, 2.05) is 18.7 Å². The molecule has 18 heavy (non-hydrogen) atoms. The Morgan fingerprint density at radius 2 is 2.28 bits per heavy atom. The molecule has 106 valence electrons. The van der Waals surface area contributed by atoms with E-state index in [9.17, 15) is 4.79 Å². The van der Waals surface area contributed by atoms with Crippen molar-refractivity contribution in [2.24, 2.45) is 5.41 Å². The Bertz CT molecular complexity index is 272. The van der Waals surface area contributed by atoms with Gasteiger partial charge in [-0.2, -0.15) is 11.8 Å². The van der Waals surface area contributed by atoms with Crippen molar-refractivity contribution in [3.8, 4) is 0 Å². The summed E-state index contributed by atoms with van der Waals surface area (Å²) in [6.45, 7) is 7.62. The molecule has 0 saturated carbocycles. The molecule has 5 heteroatoms. The minimum atomic E-state index is -0.148. The van der Waals surface area contributed by atoms with Gasteiger partial charge >= 0.3 is 0 Å². The standard InChI is InChI=1S/C13H26N2O2S/c1-10(12(16)14-6-7-17-4)15-11-9-18-8-5-13(11,2)3/h10-11,15H,5-9H2,1-4H3,(H,14,16). The van der Waals surface area contributed by atoms with E-state index in [1.54, 1.807) is 7.11 Å². The third-order valence-corrected chi connectivity index (χ3v) is 4.63. The smallest absolute Gasteiger partial charge is 0.236 e. The lowest BCUT2D eigenvalue weighted by molar-refractivity contribution is -0.123. The average Bonchev–Trinajstić information content (AvgIpc) is 2.31. The number of rotatable bonds is 6. The molecule has 1 fully saturated rings. The second-order valence-corrected chi connectivity index (χ2v) is 6.69. The molecule has 1 heterocycles. The number of hydrogen-bond donors (Lipinski definition) is 2. The fourth-order valence-corrected chi connectivity index (χ4v) is 3.64. The van der Waals surface area contributed by atoms with Crippen molar-refractivity contribution in [2.75, 3.05) is 31.8 Å². The predicted molar refractivity (Wildman–Crippen MR) is 77.0 cm³/mol. The molecule has 1 amide bonds. The van der Waals surface area contributed by atoms with Gasteiger partial charge in [0.1, 0.15) is 0 Å². The Morgan fingerprint density at radius 3 is 2.89 bits per heavy atom. The second-order valence-electron chi connectivity index (χ2n) is 5.54. The Labute approximate surface area is 115 Å². The number of carbonyl (C=O) groups is 1. The number of carbonyl (C=O) groups excluding carboxylic acids is 1. The number of nitrogens with one attached hydrogen (secondary N) is 2. The van der Waals surface area contributed by atoms with Crippen LogP contribution >= 0.6 is 11.8 Å². The molecular formula is C13H26N2O2S. The minimum absolute atomic E-state index is 0.0541. The fraction of sp³-hybridized carbons (Fsp3) is 0.923. The van der Waals surface area contributed by atoms with Crippen LogP contribution in [0.15, 0.2) is 0 Å². The number of hydrogen-bond acceptors (Lipinski definition) is 4. The molecule has 1 aliphatic heterocycles. The molecule has 1 aliphatic rings. The fourth-order valence-electron chi connectivity index (χ4n) is 2.02. The first kappa shape index (κ1) is 15.8. The molecule has 0 aliphatic carbocycles. The molecule has 1 rings (SSSR count). The highest BCUT2D eigenvalue weighted by Crippen LogP contribution is 2.34. The van der Waals surface area contributed by atoms with Crippen molar-refractivity contribution in [1.82, 2.24) is 10.6 Å². The third kappa shape index (κ3) is 4.78. The highest BCUT2D eigenvalue weighted by atomic mass is 32.2. The summed E-state index contributed by atoms with van der Waals surface area (Å²) in [5.41, 5.74) is 0.270. The van der Waals surface area contributed by atoms with Crippen LogP contribution < -0.4 is 10.6 Å². The number of amides is 1. The molecule has 0 aromatic rings. The van der Waals surface area contributed by atoms with Crippen LogP contribution in [-0.4, -0.2) is 49.8 Å². The van der Waals surface area contributed by atoms with Gasteiger partial charge in [-0.15, -0.1) is 0 Å². The summed E-state index contributed by atoms with van der Waals surface area (Å²) in [6.07, 6.45) is 1.20. The van der Waals surface area contributed by atoms with E-state index < -0.39 is 0 Å². The van der Waals surface area contributed by atoms with E-state index in [0.29, 0.717) is 19.2 Å². The maximum Gasteiger partial charge on any atom is 0.236 e. The van der Waals surface area contributed by atoms with Crippen LogP contribution in [0.25, 0.3) is 0 Å². The predicted octanol–water partition coefficient (Wildman–Crippen LogP) is 1.26. The molecule has 2 atom stereocenters. The van der Waals surface area contributed by atoms with E-state index in [4.69, 9.17) is 4.74 Å². The van der Waals surface area contributed by atoms with E-state index >= 15 is 0 Å². The van der Waals surface area contributed by atoms with Gasteiger partial charge in [0.05, 0.1) is 12.6 Å². The first-order valence-corrected chi connectivity index (χ1v) is 7.73. The average molecular weight is 274 g/mol. The Balaban J connectivity index is 2.38. The van der Waals surface area contributed by atoms with Crippen molar-refractivity contribution < 1.29 is 9.53 Å². The maximum absolute atomic E-state index is 11.9. The molecule has 0 radical (unpaired) electrons. The molecule has 0 aromatic carbocycles. The number of ether oxygens (including phenoxy) is 1. The van der Waals surface area contributed by atoms with Crippen molar-refractivity contribution in [3.05, 3.63) is 0 Å². The number of methoxy groups -OCH3 is 1. The van der Waals surface area contributed by atoms with Crippen molar-refractivity contribution in [1.29, 1.82) is 0 Å². The van der Waals surface area contributed by atoms with Crippen LogP contribution in [0.1, 0.15) is 27.2 Å². The van der Waals surface area contributed by atoms with Crippen LogP contribution in [0.2, 0.25) is 0 Å². The van der Waals surface area contributed by atoms with E-state index in [0.717, 1.165) is 5.75 Å². The van der Waals surface area contributed by atoms with Crippen LogP contribution in [0.3, 0.4) is 0 Å². The largest absolute Gasteiger partial charge is 0.383 e. The molecular weight excluding hydrogens is 248 g/mol. The van der Waals surface area contributed by atoms with E-state index in [2.05, 4.69) is 24.5 Å². The van der Waals surface area contributed by atoms with Crippen LogP contribution in [0.5, 0.6) is 0 Å². The van der Waals surface area contributed by atoms with E-state index in [-0.39, 0.29) is 17.4 Å². The monoisotopic (exact) mass is 274 g/mol. The van der Waals surface area contributed by atoms with Crippen molar-refractivity contribution in [2.45, 2.75) is 39.3 Å². The van der Waals surface area contributed by atoms with Crippen molar-refractivity contribution in [3.63, 3.8) is 0 Å². The minimum Gasteiger partial charge on any atom is -0.383 e. The van der Waals surface area contributed by atoms with E-state index in [1.165, 1.54) is 12.2 Å². The van der Waals surface area contributed by atoms with Gasteiger partial charge in [0.2, 0.25) is 5.91 Å². The summed E-state index contributed by atoms with van der Waals surface area (Å²) in [5, 5.41) is 6.33. The maximum atomic E-state index is 11.9. The zero-order valence-electron chi connectivity index (χ0n) is 11.9. The van der Waals surface area contributed by atoms with Gasteiger partial charge in [-0.1, -0.05) is 13.8 Å². The highest BCUT2D eigenvalue weighted by Gasteiger charge is 2.34. The lowest BCUT2D eigenvalue weighted by atomic mass is 9.82. The van der Waals surface area contributed by atoms with Gasteiger partial charge in [0.15, 0.2) is 0 Å². The number of thioether (sulfide) groups is 1. The van der Waals surface area contributed by atoms with Gasteiger partial charge in [-0.25, -0.2) is 0 Å². The van der Waals surface area contributed by atoms with Crippen LogP contribution in [0.4, 0.5) is 0 Å². The zero-order valence-corrected chi connectivity index (χ0v) is 12.7. The molecule has 0 spiro atoms. The van der Waals surface area contributed by atoms with Gasteiger partial charge in [0, 0.05) is 25.4 Å². The van der Waals surface area contributed by atoms with Gasteiger partial charge in [-0.05, 0) is 24.5 Å². The molecule has 0 aromatic heterocycles. The van der Waals surface area contributed by atoms with Gasteiger partial charge in [0.25, 0.3) is 0 Å². The quantitative estimate of drug-likeness (QED) is 0.716. The Morgan fingerprint density at radius 1 is 1.56 bits per heavy atom. The Hall–Kier alpha value is -0.260. The summed E-state index contributed by atoms with van der Waals surface area (Å²) in [6, 6.07) is 0.254. The zero-order chi connectivity index (χ0) is 13.6. The normalized spacial score (nSPS) is 24.6. The second kappa shape index (κ2) is 7.36. The lowest BCUT2D eigenvalue weighted by Gasteiger charge is -2.40.